The third-order valence-electron chi connectivity index (χ3n) is 5.58. The van der Waals surface area contributed by atoms with Crippen LogP contribution in [-0.4, -0.2) is 45.4 Å². The average Bonchev–Trinajstić information content (AvgIpc) is 2.80. The van der Waals surface area contributed by atoms with Gasteiger partial charge in [0.1, 0.15) is 0 Å². The molecule has 2 aromatic rings. The third-order valence-corrected chi connectivity index (χ3v) is 6.32. The summed E-state index contributed by atoms with van der Waals surface area (Å²) in [5.74, 6) is 0.737. The van der Waals surface area contributed by atoms with E-state index in [4.69, 9.17) is 23.2 Å². The van der Waals surface area contributed by atoms with Crippen molar-refractivity contribution < 1.29 is 0 Å². The molecule has 0 unspecified atom stereocenters. The molecule has 0 amide bonds. The topological polar surface area (TPSA) is 35.2 Å². The summed E-state index contributed by atoms with van der Waals surface area (Å²) in [7, 11) is 0. The first kappa shape index (κ1) is 17.3. The van der Waals surface area contributed by atoms with Crippen molar-refractivity contribution in [2.75, 3.05) is 19.6 Å². The number of H-pyrrole nitrogens is 1. The summed E-state index contributed by atoms with van der Waals surface area (Å²) < 4.78 is 0. The number of fused-ring (bicyclic) bond motifs is 4. The van der Waals surface area contributed by atoms with Crippen LogP contribution in [0.25, 0.3) is 0 Å². The van der Waals surface area contributed by atoms with E-state index in [-0.39, 0.29) is 0 Å². The van der Waals surface area contributed by atoms with Crippen LogP contribution in [0.1, 0.15) is 29.8 Å². The van der Waals surface area contributed by atoms with E-state index in [9.17, 15) is 0 Å². The first-order chi connectivity index (χ1) is 12.1. The fourth-order valence-corrected chi connectivity index (χ4v) is 4.55. The summed E-state index contributed by atoms with van der Waals surface area (Å²) in [6, 6.07) is 6.61. The van der Waals surface area contributed by atoms with Crippen LogP contribution in [-0.2, 0) is 13.1 Å². The first-order valence-corrected chi connectivity index (χ1v) is 9.73. The quantitative estimate of drug-likeness (QED) is 0.868. The lowest BCUT2D eigenvalue weighted by atomic mass is 9.94. The van der Waals surface area contributed by atoms with Crippen LogP contribution in [0.5, 0.6) is 0 Å². The zero-order valence-electron chi connectivity index (χ0n) is 14.5. The van der Waals surface area contributed by atoms with Crippen molar-refractivity contribution >= 4 is 23.2 Å². The van der Waals surface area contributed by atoms with Gasteiger partial charge in [0, 0.05) is 44.5 Å². The molecular weight excluding hydrogens is 355 g/mol. The second-order valence-corrected chi connectivity index (χ2v) is 8.26. The first-order valence-electron chi connectivity index (χ1n) is 8.97. The molecule has 2 bridgehead atoms. The Hall–Kier alpha value is -1.07. The molecule has 1 aromatic carbocycles. The molecule has 3 aliphatic heterocycles. The van der Waals surface area contributed by atoms with Crippen molar-refractivity contribution in [3.8, 4) is 0 Å². The molecule has 0 saturated carbocycles. The standard InChI is InChI=1S/C19H24Cl2N4/c1-13-19(23-12-22-13)11-24-7-15-2-4-16(10-24)25(9-15)8-14-3-5-17(20)18(21)6-14/h3,5-6,12,15-16H,2,4,7-11H2,1H3,(H,22,23)/t15-,16+/m0/s1. The van der Waals surface area contributed by atoms with Crippen molar-refractivity contribution in [3.63, 3.8) is 0 Å². The van der Waals surface area contributed by atoms with Crippen molar-refractivity contribution in [2.24, 2.45) is 5.92 Å². The van der Waals surface area contributed by atoms with E-state index in [0.717, 1.165) is 25.6 Å². The Balaban J connectivity index is 1.45. The molecule has 4 nitrogen and oxygen atoms in total. The molecular formula is C19H24Cl2N4. The molecule has 0 radical (unpaired) electrons. The number of rotatable bonds is 4. The molecule has 3 fully saturated rings. The predicted molar refractivity (Wildman–Crippen MR) is 102 cm³/mol. The Morgan fingerprint density at radius 1 is 1.12 bits per heavy atom. The van der Waals surface area contributed by atoms with Gasteiger partial charge in [0.25, 0.3) is 0 Å². The Kier molecular flexibility index (Phi) is 5.05. The molecule has 3 saturated heterocycles. The highest BCUT2D eigenvalue weighted by Crippen LogP contribution is 2.31. The van der Waals surface area contributed by atoms with Gasteiger partial charge >= 0.3 is 0 Å². The highest BCUT2D eigenvalue weighted by Gasteiger charge is 2.34. The summed E-state index contributed by atoms with van der Waals surface area (Å²) in [6.45, 7) is 7.45. The number of aromatic amines is 1. The minimum absolute atomic E-state index is 0.604. The molecule has 1 N–H and O–H groups in total. The maximum Gasteiger partial charge on any atom is 0.0925 e. The predicted octanol–water partition coefficient (Wildman–Crippen LogP) is 4.12. The fraction of sp³-hybridized carbons (Fsp3) is 0.526. The Labute approximate surface area is 159 Å². The van der Waals surface area contributed by atoms with E-state index >= 15 is 0 Å². The van der Waals surface area contributed by atoms with Gasteiger partial charge in [-0.1, -0.05) is 29.3 Å². The second-order valence-electron chi connectivity index (χ2n) is 7.44. The highest BCUT2D eigenvalue weighted by molar-refractivity contribution is 6.42. The molecule has 6 heteroatoms. The SMILES string of the molecule is Cc1[nH]cnc1CN1C[C@@H]2CC[C@H](C1)N(Cc1ccc(Cl)c(Cl)c1)C2. The average molecular weight is 379 g/mol. The second kappa shape index (κ2) is 7.28. The Bertz CT molecular complexity index is 745. The van der Waals surface area contributed by atoms with Gasteiger partial charge in [0.05, 0.1) is 22.1 Å². The van der Waals surface area contributed by atoms with E-state index in [1.165, 1.54) is 42.9 Å². The van der Waals surface area contributed by atoms with Gasteiger partial charge in [-0.25, -0.2) is 4.98 Å². The van der Waals surface area contributed by atoms with Crippen LogP contribution >= 0.6 is 23.2 Å². The van der Waals surface area contributed by atoms with Gasteiger partial charge < -0.3 is 4.98 Å². The van der Waals surface area contributed by atoms with Crippen molar-refractivity contribution in [2.45, 2.75) is 38.9 Å². The van der Waals surface area contributed by atoms with Gasteiger partial charge in [-0.2, -0.15) is 0 Å². The lowest BCUT2D eigenvalue weighted by Crippen LogP contribution is -2.43. The minimum atomic E-state index is 0.604. The number of aryl methyl sites for hydroxylation is 1. The Morgan fingerprint density at radius 3 is 2.76 bits per heavy atom. The van der Waals surface area contributed by atoms with E-state index in [0.29, 0.717) is 16.1 Å². The molecule has 25 heavy (non-hydrogen) atoms. The zero-order chi connectivity index (χ0) is 17.4. The van der Waals surface area contributed by atoms with Crippen LogP contribution in [0.3, 0.4) is 0 Å². The zero-order valence-corrected chi connectivity index (χ0v) is 16.0. The van der Waals surface area contributed by atoms with Crippen molar-refractivity contribution in [1.29, 1.82) is 0 Å². The number of nitrogens with zero attached hydrogens (tertiary/aromatic N) is 3. The fourth-order valence-electron chi connectivity index (χ4n) is 4.23. The van der Waals surface area contributed by atoms with E-state index in [1.54, 1.807) is 6.33 Å². The van der Waals surface area contributed by atoms with Gasteiger partial charge in [-0.15, -0.1) is 0 Å². The van der Waals surface area contributed by atoms with Gasteiger partial charge in [-0.3, -0.25) is 9.80 Å². The number of aromatic nitrogens is 2. The minimum Gasteiger partial charge on any atom is -0.348 e. The summed E-state index contributed by atoms with van der Waals surface area (Å²) >= 11 is 12.2. The van der Waals surface area contributed by atoms with Gasteiger partial charge in [0.15, 0.2) is 0 Å². The third kappa shape index (κ3) is 3.87. The maximum absolute atomic E-state index is 6.19. The number of piperidine rings is 1. The number of nitrogens with one attached hydrogen (secondary N) is 1. The normalized spacial score (nSPS) is 24.6. The molecule has 1 aromatic heterocycles. The van der Waals surface area contributed by atoms with Crippen molar-refractivity contribution in [3.05, 3.63) is 51.5 Å². The smallest absolute Gasteiger partial charge is 0.0925 e. The lowest BCUT2D eigenvalue weighted by Gasteiger charge is -2.36. The van der Waals surface area contributed by atoms with Gasteiger partial charge in [-0.05, 0) is 43.4 Å². The summed E-state index contributed by atoms with van der Waals surface area (Å²) in [4.78, 5) is 12.9. The van der Waals surface area contributed by atoms with Crippen LogP contribution in [0.15, 0.2) is 24.5 Å². The van der Waals surface area contributed by atoms with E-state index in [2.05, 4.69) is 32.8 Å². The molecule has 2 atom stereocenters. The number of benzene rings is 1. The van der Waals surface area contributed by atoms with Crippen LogP contribution in [0.4, 0.5) is 0 Å². The monoisotopic (exact) mass is 378 g/mol. The number of hydrogen-bond acceptors (Lipinski definition) is 3. The lowest BCUT2D eigenvalue weighted by molar-refractivity contribution is 0.123. The highest BCUT2D eigenvalue weighted by atomic mass is 35.5. The van der Waals surface area contributed by atoms with Crippen molar-refractivity contribution in [1.82, 2.24) is 19.8 Å². The molecule has 134 valence electrons. The molecule has 0 spiro atoms. The van der Waals surface area contributed by atoms with Crippen LogP contribution in [0, 0.1) is 12.8 Å². The number of hydrogen-bond donors (Lipinski definition) is 1. The molecule has 3 aliphatic rings. The summed E-state index contributed by atoms with van der Waals surface area (Å²) in [6.07, 6.45) is 4.41. The molecule has 0 aliphatic carbocycles. The molecule has 5 rings (SSSR count). The summed E-state index contributed by atoms with van der Waals surface area (Å²) in [5.41, 5.74) is 3.61. The van der Waals surface area contributed by atoms with E-state index < -0.39 is 0 Å². The summed E-state index contributed by atoms with van der Waals surface area (Å²) in [5, 5.41) is 1.28. The van der Waals surface area contributed by atoms with Gasteiger partial charge in [0.2, 0.25) is 0 Å². The Morgan fingerprint density at radius 2 is 2.00 bits per heavy atom. The largest absolute Gasteiger partial charge is 0.348 e. The number of imidazole rings is 1. The maximum atomic E-state index is 6.19. The van der Waals surface area contributed by atoms with E-state index in [1.807, 2.05) is 12.1 Å². The molecule has 4 heterocycles. The van der Waals surface area contributed by atoms with Crippen LogP contribution < -0.4 is 0 Å². The number of halogens is 2. The van der Waals surface area contributed by atoms with Crippen LogP contribution in [0.2, 0.25) is 10.0 Å².